The van der Waals surface area contributed by atoms with Crippen molar-refractivity contribution >= 4 is 5.91 Å². The summed E-state index contributed by atoms with van der Waals surface area (Å²) in [4.78, 5) is 16.5. The molecule has 1 amide bonds. The van der Waals surface area contributed by atoms with Crippen molar-refractivity contribution < 1.29 is 4.79 Å². The zero-order valence-corrected chi connectivity index (χ0v) is 13.0. The maximum atomic E-state index is 13.1. The van der Waals surface area contributed by atoms with Gasteiger partial charge in [-0.2, -0.15) is 15.0 Å². The minimum atomic E-state index is 0.0483. The van der Waals surface area contributed by atoms with Crippen LogP contribution in [0.2, 0.25) is 0 Å². The highest BCUT2D eigenvalue weighted by atomic mass is 16.2. The average molecular weight is 299 g/mol. The van der Waals surface area contributed by atoms with E-state index in [1.165, 1.54) is 4.80 Å². The molecular weight excluding hydrogens is 278 g/mol. The van der Waals surface area contributed by atoms with Crippen molar-refractivity contribution in [3.05, 3.63) is 41.7 Å². The van der Waals surface area contributed by atoms with Gasteiger partial charge >= 0.3 is 0 Å². The molecule has 1 N–H and O–H groups in total. The second-order valence-corrected chi connectivity index (χ2v) is 5.73. The van der Waals surface area contributed by atoms with Gasteiger partial charge in [0.05, 0.1) is 23.6 Å². The van der Waals surface area contributed by atoms with Gasteiger partial charge in [0, 0.05) is 19.1 Å². The third-order valence-electron chi connectivity index (χ3n) is 4.08. The Balaban J connectivity index is 1.99. The summed E-state index contributed by atoms with van der Waals surface area (Å²) in [5.41, 5.74) is 2.44. The zero-order chi connectivity index (χ0) is 15.5. The maximum absolute atomic E-state index is 13.1. The Morgan fingerprint density at radius 2 is 2.05 bits per heavy atom. The van der Waals surface area contributed by atoms with Gasteiger partial charge in [0.25, 0.3) is 5.91 Å². The summed E-state index contributed by atoms with van der Waals surface area (Å²) < 4.78 is 0. The van der Waals surface area contributed by atoms with Crippen LogP contribution in [0.4, 0.5) is 0 Å². The lowest BCUT2D eigenvalue weighted by Crippen LogP contribution is -2.40. The van der Waals surface area contributed by atoms with Gasteiger partial charge in [-0.25, -0.2) is 0 Å². The molecule has 0 radical (unpaired) electrons. The van der Waals surface area contributed by atoms with E-state index in [1.54, 1.807) is 12.4 Å². The number of aromatic nitrogens is 3. The Hall–Kier alpha value is -2.21. The van der Waals surface area contributed by atoms with E-state index in [0.717, 1.165) is 37.3 Å². The number of carbonyl (C=O) groups is 1. The molecule has 1 aromatic heterocycles. The lowest BCUT2D eigenvalue weighted by Gasteiger charge is -2.27. The summed E-state index contributed by atoms with van der Waals surface area (Å²) >= 11 is 0. The number of nitrogens with zero attached hydrogens (tertiary/aromatic N) is 4. The SMILES string of the molecule is Cc1ccc(-n2nccn2)c(C(=O)N2CCNCCC2C)c1. The first-order valence-electron chi connectivity index (χ1n) is 7.66. The first-order chi connectivity index (χ1) is 10.7. The molecule has 1 aliphatic rings. The molecule has 1 saturated heterocycles. The van der Waals surface area contributed by atoms with Crippen molar-refractivity contribution in [3.63, 3.8) is 0 Å². The predicted octanol–water partition coefficient (Wildman–Crippen LogP) is 1.40. The highest BCUT2D eigenvalue weighted by molar-refractivity contribution is 5.98. The molecule has 2 heterocycles. The number of hydrogen-bond acceptors (Lipinski definition) is 4. The van der Waals surface area contributed by atoms with Crippen LogP contribution in [-0.2, 0) is 0 Å². The predicted molar refractivity (Wildman–Crippen MR) is 84.1 cm³/mol. The molecule has 116 valence electrons. The molecule has 1 aliphatic heterocycles. The molecular formula is C16H21N5O. The molecule has 1 aromatic carbocycles. The molecule has 1 fully saturated rings. The van der Waals surface area contributed by atoms with Crippen LogP contribution in [0.25, 0.3) is 5.69 Å². The zero-order valence-electron chi connectivity index (χ0n) is 13.0. The second-order valence-electron chi connectivity index (χ2n) is 5.73. The van der Waals surface area contributed by atoms with Crippen molar-refractivity contribution in [3.8, 4) is 5.69 Å². The van der Waals surface area contributed by atoms with Crippen molar-refractivity contribution in [1.82, 2.24) is 25.2 Å². The first kappa shape index (κ1) is 14.7. The molecule has 22 heavy (non-hydrogen) atoms. The maximum Gasteiger partial charge on any atom is 0.256 e. The minimum Gasteiger partial charge on any atom is -0.335 e. The van der Waals surface area contributed by atoms with Gasteiger partial charge in [0.2, 0.25) is 0 Å². The Morgan fingerprint density at radius 3 is 2.82 bits per heavy atom. The molecule has 6 heteroatoms. The standard InChI is InChI=1S/C16H21N5O/c1-12-3-4-15(21-18-7-8-19-21)14(11-12)16(22)20-10-9-17-6-5-13(20)2/h3-4,7-8,11,13,17H,5-6,9-10H2,1-2H3. The normalized spacial score (nSPS) is 19.0. The largest absolute Gasteiger partial charge is 0.335 e. The van der Waals surface area contributed by atoms with E-state index >= 15 is 0 Å². The Bertz CT molecular complexity index is 653. The Morgan fingerprint density at radius 1 is 1.27 bits per heavy atom. The topological polar surface area (TPSA) is 63.1 Å². The summed E-state index contributed by atoms with van der Waals surface area (Å²) in [7, 11) is 0. The minimum absolute atomic E-state index is 0.0483. The van der Waals surface area contributed by atoms with E-state index in [4.69, 9.17) is 0 Å². The average Bonchev–Trinajstić information content (AvgIpc) is 2.95. The Labute approximate surface area is 130 Å². The number of aryl methyl sites for hydroxylation is 1. The lowest BCUT2D eigenvalue weighted by molar-refractivity contribution is 0.0704. The number of nitrogens with one attached hydrogen (secondary N) is 1. The first-order valence-corrected chi connectivity index (χ1v) is 7.66. The third kappa shape index (κ3) is 2.87. The van der Waals surface area contributed by atoms with E-state index in [-0.39, 0.29) is 11.9 Å². The van der Waals surface area contributed by atoms with Crippen LogP contribution in [0.3, 0.4) is 0 Å². The fourth-order valence-corrected chi connectivity index (χ4v) is 2.80. The van der Waals surface area contributed by atoms with Crippen molar-refractivity contribution in [2.24, 2.45) is 0 Å². The van der Waals surface area contributed by atoms with Gasteiger partial charge in [-0.05, 0) is 38.9 Å². The van der Waals surface area contributed by atoms with Crippen molar-refractivity contribution in [2.45, 2.75) is 26.3 Å². The Kier molecular flexibility index (Phi) is 4.20. The molecule has 3 rings (SSSR count). The number of carbonyl (C=O) groups excluding carboxylic acids is 1. The summed E-state index contributed by atoms with van der Waals surface area (Å²) in [5.74, 6) is 0.0483. The molecule has 6 nitrogen and oxygen atoms in total. The van der Waals surface area contributed by atoms with Gasteiger partial charge in [0.1, 0.15) is 0 Å². The van der Waals surface area contributed by atoms with Gasteiger partial charge in [-0.3, -0.25) is 4.79 Å². The third-order valence-corrected chi connectivity index (χ3v) is 4.08. The van der Waals surface area contributed by atoms with Gasteiger partial charge < -0.3 is 10.2 Å². The van der Waals surface area contributed by atoms with E-state index in [2.05, 4.69) is 22.4 Å². The molecule has 2 aromatic rings. The van der Waals surface area contributed by atoms with Crippen molar-refractivity contribution in [2.75, 3.05) is 19.6 Å². The fraction of sp³-hybridized carbons (Fsp3) is 0.438. The van der Waals surface area contributed by atoms with Crippen LogP contribution in [0, 0.1) is 6.92 Å². The van der Waals surface area contributed by atoms with Crippen LogP contribution < -0.4 is 5.32 Å². The molecule has 1 atom stereocenters. The molecule has 0 bridgehead atoms. The van der Waals surface area contributed by atoms with Crippen LogP contribution >= 0.6 is 0 Å². The lowest BCUT2D eigenvalue weighted by atomic mass is 10.1. The smallest absolute Gasteiger partial charge is 0.256 e. The monoisotopic (exact) mass is 299 g/mol. The number of benzene rings is 1. The quantitative estimate of drug-likeness (QED) is 0.910. The van der Waals surface area contributed by atoms with E-state index in [0.29, 0.717) is 5.56 Å². The number of hydrogen-bond donors (Lipinski definition) is 1. The number of rotatable bonds is 2. The van der Waals surface area contributed by atoms with Crippen LogP contribution in [-0.4, -0.2) is 51.5 Å². The summed E-state index contributed by atoms with van der Waals surface area (Å²) in [6.45, 7) is 6.60. The van der Waals surface area contributed by atoms with Crippen LogP contribution in [0.1, 0.15) is 29.3 Å². The highest BCUT2D eigenvalue weighted by Gasteiger charge is 2.25. The van der Waals surface area contributed by atoms with E-state index in [1.807, 2.05) is 30.0 Å². The van der Waals surface area contributed by atoms with Crippen molar-refractivity contribution in [1.29, 1.82) is 0 Å². The highest BCUT2D eigenvalue weighted by Crippen LogP contribution is 2.19. The molecule has 0 spiro atoms. The van der Waals surface area contributed by atoms with E-state index < -0.39 is 0 Å². The molecule has 0 saturated carbocycles. The van der Waals surface area contributed by atoms with Crippen LogP contribution in [0.5, 0.6) is 0 Å². The number of amides is 1. The second kappa shape index (κ2) is 6.27. The summed E-state index contributed by atoms with van der Waals surface area (Å²) in [5, 5.41) is 11.7. The molecule has 0 aliphatic carbocycles. The van der Waals surface area contributed by atoms with Gasteiger partial charge in [0.15, 0.2) is 0 Å². The summed E-state index contributed by atoms with van der Waals surface area (Å²) in [6, 6.07) is 6.03. The van der Waals surface area contributed by atoms with Gasteiger partial charge in [-0.15, -0.1) is 0 Å². The van der Waals surface area contributed by atoms with Gasteiger partial charge in [-0.1, -0.05) is 11.6 Å². The summed E-state index contributed by atoms with van der Waals surface area (Å²) in [6.07, 6.45) is 4.20. The van der Waals surface area contributed by atoms with Crippen LogP contribution in [0.15, 0.2) is 30.6 Å². The molecule has 1 unspecified atom stereocenters. The fourth-order valence-electron chi connectivity index (χ4n) is 2.80. The van der Waals surface area contributed by atoms with E-state index in [9.17, 15) is 4.79 Å².